The Hall–Kier alpha value is -4.08. The van der Waals surface area contributed by atoms with Gasteiger partial charge >= 0.3 is 12.4 Å². The fourth-order valence-electron chi connectivity index (χ4n) is 3.49. The number of carbonyl (C=O) groups excluding carboxylic acids is 2. The topological polar surface area (TPSA) is 63.4 Å². The van der Waals surface area contributed by atoms with Gasteiger partial charge in [0.05, 0.1) is 11.1 Å². The second-order valence-corrected chi connectivity index (χ2v) is 8.47. The molecular formula is C27H22F6N2O2. The molecule has 0 spiro atoms. The summed E-state index contributed by atoms with van der Waals surface area (Å²) >= 11 is 0. The number of benzene rings is 3. The molecule has 0 aliphatic carbocycles. The van der Waals surface area contributed by atoms with E-state index >= 15 is 0 Å². The molecule has 0 saturated heterocycles. The van der Waals surface area contributed by atoms with E-state index in [9.17, 15) is 35.9 Å². The largest absolute Gasteiger partial charge is 0.416 e. The molecule has 0 aromatic heterocycles. The summed E-state index contributed by atoms with van der Waals surface area (Å²) in [6, 6.07) is 13.7. The summed E-state index contributed by atoms with van der Waals surface area (Å²) in [5, 5.41) is 0. The molecule has 0 heterocycles. The molecule has 0 saturated carbocycles. The molecule has 2 amide bonds. The third-order valence-corrected chi connectivity index (χ3v) is 5.52. The maximum Gasteiger partial charge on any atom is 0.416 e. The van der Waals surface area contributed by atoms with Gasteiger partial charge in [-0.25, -0.2) is 0 Å². The first-order valence-electron chi connectivity index (χ1n) is 11.0. The van der Waals surface area contributed by atoms with Gasteiger partial charge in [0, 0.05) is 11.4 Å². The molecule has 3 rings (SSSR count). The Bertz CT molecular complexity index is 1230. The van der Waals surface area contributed by atoms with Crippen molar-refractivity contribution in [2.45, 2.75) is 32.1 Å². The summed E-state index contributed by atoms with van der Waals surface area (Å²) in [5.74, 6) is -1.92. The van der Waals surface area contributed by atoms with Crippen LogP contribution in [0, 0.1) is 0 Å². The number of anilines is 2. The zero-order valence-corrected chi connectivity index (χ0v) is 19.7. The van der Waals surface area contributed by atoms with Crippen LogP contribution in [0.4, 0.5) is 37.7 Å². The van der Waals surface area contributed by atoms with Crippen molar-refractivity contribution in [1.82, 2.24) is 0 Å². The predicted octanol–water partition coefficient (Wildman–Crippen LogP) is 7.08. The molecular weight excluding hydrogens is 498 g/mol. The number of alkyl halides is 6. The summed E-state index contributed by atoms with van der Waals surface area (Å²) in [4.78, 5) is 26.6. The third kappa shape index (κ3) is 6.58. The number of primary amides is 1. The Balaban J connectivity index is 2.11. The van der Waals surface area contributed by atoms with Crippen LogP contribution in [0.15, 0.2) is 78.4 Å². The number of nitrogens with two attached hydrogens (primary N) is 1. The van der Waals surface area contributed by atoms with Gasteiger partial charge in [-0.05, 0) is 71.7 Å². The zero-order chi connectivity index (χ0) is 27.5. The Morgan fingerprint density at radius 3 is 1.46 bits per heavy atom. The van der Waals surface area contributed by atoms with Gasteiger partial charge in [0.1, 0.15) is 5.57 Å². The van der Waals surface area contributed by atoms with Gasteiger partial charge in [0.2, 0.25) is 0 Å². The van der Waals surface area contributed by atoms with Crippen LogP contribution in [0.5, 0.6) is 0 Å². The minimum Gasteiger partial charge on any atom is -0.365 e. The van der Waals surface area contributed by atoms with Gasteiger partial charge in [0.15, 0.2) is 0 Å². The van der Waals surface area contributed by atoms with Crippen molar-refractivity contribution in [3.8, 4) is 0 Å². The van der Waals surface area contributed by atoms with E-state index in [0.717, 1.165) is 59.0 Å². The van der Waals surface area contributed by atoms with E-state index in [1.807, 2.05) is 13.8 Å². The second kappa shape index (κ2) is 10.5. The van der Waals surface area contributed by atoms with E-state index in [0.29, 0.717) is 5.56 Å². The fraction of sp³-hybridized carbons (Fsp3) is 0.185. The highest BCUT2D eigenvalue weighted by Crippen LogP contribution is 2.35. The van der Waals surface area contributed by atoms with Crippen molar-refractivity contribution in [2.24, 2.45) is 5.73 Å². The lowest BCUT2D eigenvalue weighted by Crippen LogP contribution is -2.33. The molecule has 10 heteroatoms. The Morgan fingerprint density at radius 2 is 1.14 bits per heavy atom. The molecule has 3 aromatic carbocycles. The third-order valence-electron chi connectivity index (χ3n) is 5.52. The molecule has 0 atom stereocenters. The van der Waals surface area contributed by atoms with Crippen LogP contribution in [-0.4, -0.2) is 11.8 Å². The molecule has 0 aliphatic rings. The lowest BCUT2D eigenvalue weighted by atomic mass is 10.0. The molecule has 0 aliphatic heterocycles. The summed E-state index contributed by atoms with van der Waals surface area (Å²) in [7, 11) is 0. The predicted molar refractivity (Wildman–Crippen MR) is 128 cm³/mol. The maximum atomic E-state index is 13.5. The average Bonchev–Trinajstić information content (AvgIpc) is 2.82. The van der Waals surface area contributed by atoms with Gasteiger partial charge in [0.25, 0.3) is 11.8 Å². The SMILES string of the molecule is CC(C)c1ccc(C=C(C(N)=O)C(=O)N(c2ccc(C(F)(F)F)cc2)c2ccc(C(F)(F)F)cc2)cc1. The normalized spacial score (nSPS) is 12.5. The summed E-state index contributed by atoms with van der Waals surface area (Å²) in [5.41, 5.74) is 4.19. The number of amides is 2. The minimum atomic E-state index is -4.65. The number of nitrogens with zero attached hydrogens (tertiary/aromatic N) is 1. The Kier molecular flexibility index (Phi) is 7.80. The Morgan fingerprint density at radius 1 is 0.730 bits per heavy atom. The number of hydrogen-bond donors (Lipinski definition) is 1. The van der Waals surface area contributed by atoms with Crippen molar-refractivity contribution in [2.75, 3.05) is 4.90 Å². The monoisotopic (exact) mass is 520 g/mol. The van der Waals surface area contributed by atoms with E-state index in [-0.39, 0.29) is 17.3 Å². The van der Waals surface area contributed by atoms with E-state index in [4.69, 9.17) is 5.73 Å². The van der Waals surface area contributed by atoms with Crippen LogP contribution in [-0.2, 0) is 21.9 Å². The highest BCUT2D eigenvalue weighted by Gasteiger charge is 2.33. The average molecular weight is 520 g/mol. The van der Waals surface area contributed by atoms with Crippen molar-refractivity contribution in [1.29, 1.82) is 0 Å². The van der Waals surface area contributed by atoms with Crippen LogP contribution in [0.2, 0.25) is 0 Å². The molecule has 2 N–H and O–H groups in total. The van der Waals surface area contributed by atoms with Crippen molar-refractivity contribution in [3.63, 3.8) is 0 Å². The van der Waals surface area contributed by atoms with Gasteiger partial charge in [-0.2, -0.15) is 26.3 Å². The number of halogens is 6. The van der Waals surface area contributed by atoms with Crippen molar-refractivity contribution in [3.05, 3.63) is 101 Å². The first kappa shape index (κ1) is 27.5. The number of rotatable bonds is 6. The van der Waals surface area contributed by atoms with E-state index in [1.54, 1.807) is 24.3 Å². The highest BCUT2D eigenvalue weighted by atomic mass is 19.4. The minimum absolute atomic E-state index is 0.111. The lowest BCUT2D eigenvalue weighted by Gasteiger charge is -2.24. The molecule has 194 valence electrons. The summed E-state index contributed by atoms with van der Waals surface area (Å²) in [6.07, 6.45) is -8.08. The molecule has 0 fully saturated rings. The fourth-order valence-corrected chi connectivity index (χ4v) is 3.49. The van der Waals surface area contributed by atoms with Crippen molar-refractivity contribution >= 4 is 29.3 Å². The van der Waals surface area contributed by atoms with Crippen LogP contribution < -0.4 is 10.6 Å². The van der Waals surface area contributed by atoms with Crippen LogP contribution in [0.3, 0.4) is 0 Å². The smallest absolute Gasteiger partial charge is 0.365 e. The lowest BCUT2D eigenvalue weighted by molar-refractivity contribution is -0.138. The van der Waals surface area contributed by atoms with Gasteiger partial charge in [-0.1, -0.05) is 38.1 Å². The van der Waals surface area contributed by atoms with Crippen LogP contribution in [0.1, 0.15) is 42.0 Å². The first-order valence-corrected chi connectivity index (χ1v) is 11.0. The second-order valence-electron chi connectivity index (χ2n) is 8.47. The quantitative estimate of drug-likeness (QED) is 0.163. The number of carbonyl (C=O) groups is 2. The number of hydrogen-bond acceptors (Lipinski definition) is 2. The first-order chi connectivity index (χ1) is 17.2. The maximum absolute atomic E-state index is 13.5. The zero-order valence-electron chi connectivity index (χ0n) is 19.7. The van der Waals surface area contributed by atoms with Crippen LogP contribution >= 0.6 is 0 Å². The van der Waals surface area contributed by atoms with E-state index in [1.165, 1.54) is 6.08 Å². The van der Waals surface area contributed by atoms with Gasteiger partial charge in [-0.15, -0.1) is 0 Å². The van der Waals surface area contributed by atoms with Gasteiger partial charge < -0.3 is 5.73 Å². The highest BCUT2D eigenvalue weighted by molar-refractivity contribution is 6.27. The molecule has 0 radical (unpaired) electrons. The molecule has 37 heavy (non-hydrogen) atoms. The molecule has 4 nitrogen and oxygen atoms in total. The van der Waals surface area contributed by atoms with Gasteiger partial charge in [-0.3, -0.25) is 14.5 Å². The summed E-state index contributed by atoms with van der Waals surface area (Å²) in [6.45, 7) is 3.96. The molecule has 0 unspecified atom stereocenters. The molecule has 0 bridgehead atoms. The molecule has 3 aromatic rings. The van der Waals surface area contributed by atoms with Crippen molar-refractivity contribution < 1.29 is 35.9 Å². The van der Waals surface area contributed by atoms with E-state index < -0.39 is 40.9 Å². The Labute approximate surface area is 209 Å². The standard InChI is InChI=1S/C27H22F6N2O2/c1-16(2)18-5-3-17(4-6-18)15-23(24(34)36)25(37)35(21-11-7-19(8-12-21)26(28,29)30)22-13-9-20(10-14-22)27(31,32)33/h3-16H,1-2H3,(H2,34,36). The summed E-state index contributed by atoms with van der Waals surface area (Å²) < 4.78 is 78.3. The van der Waals surface area contributed by atoms with Crippen LogP contribution in [0.25, 0.3) is 6.08 Å². The van der Waals surface area contributed by atoms with E-state index in [2.05, 4.69) is 0 Å².